The zero-order valence-corrected chi connectivity index (χ0v) is 17.8. The highest BCUT2D eigenvalue weighted by Gasteiger charge is 2.81. The molecule has 0 aromatic rings. The van der Waals surface area contributed by atoms with E-state index in [9.17, 15) is 20.1 Å². The summed E-state index contributed by atoms with van der Waals surface area (Å²) >= 11 is 0. The fraction of sp³-hybridized carbons (Fsp3) is 0.696. The Morgan fingerprint density at radius 1 is 1.37 bits per heavy atom. The highest BCUT2D eigenvalue weighted by Crippen LogP contribution is 2.71. The average molecular weight is 421 g/mol. The van der Waals surface area contributed by atoms with Crippen LogP contribution in [0.5, 0.6) is 0 Å². The Kier molecular flexibility index (Phi) is 5.48. The Labute approximate surface area is 177 Å². The van der Waals surface area contributed by atoms with Gasteiger partial charge >= 0.3 is 5.97 Å². The van der Waals surface area contributed by atoms with E-state index in [1.54, 1.807) is 0 Å². The lowest BCUT2D eigenvalue weighted by Crippen LogP contribution is -2.63. The maximum atomic E-state index is 12.5. The molecule has 8 atom stereocenters. The van der Waals surface area contributed by atoms with Crippen LogP contribution in [0.25, 0.3) is 0 Å². The fourth-order valence-electron chi connectivity index (χ4n) is 5.72. The largest absolute Gasteiger partial charge is 0.458 e. The van der Waals surface area contributed by atoms with Gasteiger partial charge in [0.15, 0.2) is 0 Å². The van der Waals surface area contributed by atoms with E-state index >= 15 is 0 Å². The minimum absolute atomic E-state index is 0.0411. The molecule has 1 spiro atoms. The fourth-order valence-corrected chi connectivity index (χ4v) is 5.72. The second-order valence-corrected chi connectivity index (χ2v) is 9.46. The maximum Gasteiger partial charge on any atom is 0.331 e. The number of epoxide rings is 1. The number of fused-ring (bicyclic) bond motifs is 2. The molecule has 0 unspecified atom stereocenters. The number of carbonyl (C=O) groups is 1. The lowest BCUT2D eigenvalue weighted by molar-refractivity contribution is -0.209. The summed E-state index contributed by atoms with van der Waals surface area (Å²) in [5.74, 6) is -0.455. The molecule has 30 heavy (non-hydrogen) atoms. The van der Waals surface area contributed by atoms with Gasteiger partial charge in [0.2, 0.25) is 0 Å². The normalized spacial score (nSPS) is 44.2. The molecule has 0 aromatic heterocycles. The molecule has 0 amide bonds. The first-order valence-corrected chi connectivity index (χ1v) is 10.7. The second kappa shape index (κ2) is 7.57. The monoisotopic (exact) mass is 420 g/mol. The summed E-state index contributed by atoms with van der Waals surface area (Å²) in [6.45, 7) is 6.48. The number of aliphatic hydroxyl groups excluding tert-OH is 3. The van der Waals surface area contributed by atoms with Gasteiger partial charge in [0.1, 0.15) is 11.7 Å². The van der Waals surface area contributed by atoms with Gasteiger partial charge in [-0.1, -0.05) is 38.2 Å². The van der Waals surface area contributed by atoms with E-state index in [2.05, 4.69) is 13.8 Å². The van der Waals surface area contributed by atoms with Gasteiger partial charge in [0.25, 0.3) is 0 Å². The molecular formula is C23H32O7. The Balaban J connectivity index is 1.52. The van der Waals surface area contributed by atoms with Gasteiger partial charge in [-0.15, -0.1) is 0 Å². The van der Waals surface area contributed by atoms with Crippen LogP contribution < -0.4 is 0 Å². The molecule has 1 saturated carbocycles. The summed E-state index contributed by atoms with van der Waals surface area (Å²) in [5.41, 5.74) is -0.0904. The third-order valence-corrected chi connectivity index (χ3v) is 8.01. The molecule has 2 bridgehead atoms. The van der Waals surface area contributed by atoms with E-state index in [1.165, 1.54) is 31.2 Å². The van der Waals surface area contributed by atoms with Crippen LogP contribution in [0, 0.1) is 10.8 Å². The molecule has 0 radical (unpaired) electrons. The summed E-state index contributed by atoms with van der Waals surface area (Å²) < 4.78 is 18.3. The molecule has 3 N–H and O–H groups in total. The van der Waals surface area contributed by atoms with E-state index in [4.69, 9.17) is 14.2 Å². The topological polar surface area (TPSA) is 109 Å². The van der Waals surface area contributed by atoms with Gasteiger partial charge in [-0.3, -0.25) is 0 Å². The van der Waals surface area contributed by atoms with Crippen LogP contribution in [0.15, 0.2) is 36.0 Å². The Bertz CT molecular complexity index is 780. The van der Waals surface area contributed by atoms with E-state index in [0.717, 1.165) is 18.4 Å². The van der Waals surface area contributed by atoms with Crippen molar-refractivity contribution in [3.8, 4) is 0 Å². The van der Waals surface area contributed by atoms with Crippen LogP contribution in [-0.4, -0.2) is 70.6 Å². The van der Waals surface area contributed by atoms with Crippen molar-refractivity contribution in [1.82, 2.24) is 0 Å². The molecule has 7 nitrogen and oxygen atoms in total. The minimum Gasteiger partial charge on any atom is -0.458 e. The van der Waals surface area contributed by atoms with Crippen molar-refractivity contribution in [2.45, 2.75) is 76.2 Å². The second-order valence-electron chi connectivity index (χ2n) is 9.46. The quantitative estimate of drug-likeness (QED) is 0.196. The van der Waals surface area contributed by atoms with E-state index in [0.29, 0.717) is 13.0 Å². The lowest BCUT2D eigenvalue weighted by Gasteiger charge is -2.57. The van der Waals surface area contributed by atoms with E-state index < -0.39 is 29.2 Å². The molecule has 3 fully saturated rings. The van der Waals surface area contributed by atoms with Crippen molar-refractivity contribution in [1.29, 1.82) is 0 Å². The number of allylic oxidation sites excluding steroid dienone is 2. The number of esters is 1. The zero-order valence-electron chi connectivity index (χ0n) is 17.8. The van der Waals surface area contributed by atoms with Crippen molar-refractivity contribution in [3.63, 3.8) is 0 Å². The van der Waals surface area contributed by atoms with Gasteiger partial charge < -0.3 is 29.5 Å². The maximum absolute atomic E-state index is 12.5. The first-order valence-electron chi connectivity index (χ1n) is 10.7. The molecule has 4 aliphatic rings. The number of ether oxygens (including phenoxy) is 3. The smallest absolute Gasteiger partial charge is 0.331 e. The molecule has 0 aromatic carbocycles. The van der Waals surface area contributed by atoms with Crippen LogP contribution in [0.1, 0.15) is 40.0 Å². The average Bonchev–Trinajstić information content (AvgIpc) is 3.48. The Hall–Kier alpha value is -1.51. The molecular weight excluding hydrogens is 388 g/mol. The third kappa shape index (κ3) is 3.10. The molecule has 4 rings (SSSR count). The van der Waals surface area contributed by atoms with Gasteiger partial charge in [0.05, 0.1) is 37.6 Å². The van der Waals surface area contributed by atoms with Crippen molar-refractivity contribution >= 4 is 5.97 Å². The summed E-state index contributed by atoms with van der Waals surface area (Å²) in [7, 11) is 0. The first kappa shape index (κ1) is 21.7. The Morgan fingerprint density at radius 2 is 2.10 bits per heavy atom. The molecule has 2 heterocycles. The SMILES string of the molecule is C[C@H](O)[C@@H](O)/C=C/C=C\C(=O)O[C@@H]1C[C@H]2O[C@@H]3C=C(CO)CC[C@]3(C)[C@]1(C)[C@]21CO1. The van der Waals surface area contributed by atoms with Crippen molar-refractivity contribution < 1.29 is 34.3 Å². The van der Waals surface area contributed by atoms with Crippen LogP contribution in [0.2, 0.25) is 0 Å². The summed E-state index contributed by atoms with van der Waals surface area (Å²) in [6, 6.07) is 0. The number of hydrogen-bond donors (Lipinski definition) is 3. The molecule has 2 aliphatic heterocycles. The first-order chi connectivity index (χ1) is 14.2. The lowest BCUT2D eigenvalue weighted by atomic mass is 9.52. The number of carbonyl (C=O) groups excluding carboxylic acids is 1. The highest BCUT2D eigenvalue weighted by atomic mass is 16.6. The summed E-state index contributed by atoms with van der Waals surface area (Å²) in [5, 5.41) is 28.4. The predicted octanol–water partition coefficient (Wildman–Crippen LogP) is 1.42. The highest BCUT2D eigenvalue weighted by molar-refractivity contribution is 5.82. The molecule has 166 valence electrons. The van der Waals surface area contributed by atoms with Gasteiger partial charge in [-0.25, -0.2) is 4.79 Å². The standard InChI is InChI=1S/C23H32O7/c1-14(25)16(26)6-4-5-7-20(27)30-18-11-19-23(13-28-23)22(18,3)21(2)9-8-15(12-24)10-17(21)29-19/h4-7,10,14,16-19,24-26H,8-9,11-13H2,1-3H3/b6-4+,7-5-/t14-,16-,17+,18+,19+,21-,22+,23-/m0/s1. The number of rotatable bonds is 6. The van der Waals surface area contributed by atoms with Crippen molar-refractivity contribution in [2.24, 2.45) is 10.8 Å². The van der Waals surface area contributed by atoms with Crippen LogP contribution in [0.4, 0.5) is 0 Å². The van der Waals surface area contributed by atoms with Crippen LogP contribution >= 0.6 is 0 Å². The third-order valence-electron chi connectivity index (χ3n) is 8.01. The summed E-state index contributed by atoms with van der Waals surface area (Å²) in [4.78, 5) is 12.5. The van der Waals surface area contributed by atoms with Crippen molar-refractivity contribution in [3.05, 3.63) is 36.0 Å². The minimum atomic E-state index is -0.984. The molecule has 7 heteroatoms. The Morgan fingerprint density at radius 3 is 2.73 bits per heavy atom. The summed E-state index contributed by atoms with van der Waals surface area (Å²) in [6.07, 6.45) is 7.53. The van der Waals surface area contributed by atoms with Gasteiger partial charge in [-0.2, -0.15) is 0 Å². The van der Waals surface area contributed by atoms with E-state index in [-0.39, 0.29) is 30.3 Å². The predicted molar refractivity (Wildman–Crippen MR) is 108 cm³/mol. The van der Waals surface area contributed by atoms with E-state index in [1.807, 2.05) is 6.08 Å². The zero-order chi connectivity index (χ0) is 21.7. The molecule has 2 saturated heterocycles. The van der Waals surface area contributed by atoms with Gasteiger partial charge in [0, 0.05) is 23.3 Å². The molecule has 2 aliphatic carbocycles. The van der Waals surface area contributed by atoms with Gasteiger partial charge in [-0.05, 0) is 25.3 Å². The van der Waals surface area contributed by atoms with Crippen LogP contribution in [-0.2, 0) is 19.0 Å². The van der Waals surface area contributed by atoms with Crippen LogP contribution in [0.3, 0.4) is 0 Å². The number of hydrogen-bond acceptors (Lipinski definition) is 7. The van der Waals surface area contributed by atoms with Crippen molar-refractivity contribution in [2.75, 3.05) is 13.2 Å². The number of aliphatic hydroxyl groups is 3.